The van der Waals surface area contributed by atoms with Crippen LogP contribution in [0.2, 0.25) is 0 Å². The summed E-state index contributed by atoms with van der Waals surface area (Å²) in [6.07, 6.45) is 1.68. The fraction of sp³-hybridized carbons (Fsp3) is 0.476. The van der Waals surface area contributed by atoms with Crippen LogP contribution < -0.4 is 5.32 Å². The Bertz CT molecular complexity index is 857. The van der Waals surface area contributed by atoms with Gasteiger partial charge in [-0.3, -0.25) is 14.3 Å². The predicted molar refractivity (Wildman–Crippen MR) is 106 cm³/mol. The van der Waals surface area contributed by atoms with E-state index < -0.39 is 0 Å². The van der Waals surface area contributed by atoms with Gasteiger partial charge in [-0.05, 0) is 38.1 Å². The maximum absolute atomic E-state index is 12.8. The summed E-state index contributed by atoms with van der Waals surface area (Å²) in [4.78, 5) is 29.4. The lowest BCUT2D eigenvalue weighted by Gasteiger charge is -2.51. The minimum absolute atomic E-state index is 0.0376. The number of carbonyl (C=O) groups is 2. The van der Waals surface area contributed by atoms with Gasteiger partial charge in [-0.1, -0.05) is 18.2 Å². The van der Waals surface area contributed by atoms with Crippen molar-refractivity contribution in [3.63, 3.8) is 0 Å². The van der Waals surface area contributed by atoms with Crippen molar-refractivity contribution >= 4 is 11.8 Å². The van der Waals surface area contributed by atoms with Crippen LogP contribution in [0, 0.1) is 11.3 Å². The third-order valence-electron chi connectivity index (χ3n) is 6.06. The molecule has 7 heteroatoms. The van der Waals surface area contributed by atoms with Crippen molar-refractivity contribution in [2.75, 3.05) is 39.8 Å². The summed E-state index contributed by atoms with van der Waals surface area (Å²) >= 11 is 0. The Kier molecular flexibility index (Phi) is 4.93. The van der Waals surface area contributed by atoms with Gasteiger partial charge in [-0.2, -0.15) is 5.10 Å². The molecule has 2 saturated heterocycles. The van der Waals surface area contributed by atoms with Crippen LogP contribution in [0.4, 0.5) is 0 Å². The number of nitrogens with zero attached hydrogens (tertiary/aromatic N) is 4. The van der Waals surface area contributed by atoms with Gasteiger partial charge in [0, 0.05) is 56.4 Å². The molecule has 1 aromatic heterocycles. The zero-order valence-corrected chi connectivity index (χ0v) is 16.5. The molecule has 1 N–H and O–H groups in total. The van der Waals surface area contributed by atoms with Gasteiger partial charge in [0.2, 0.25) is 0 Å². The van der Waals surface area contributed by atoms with E-state index >= 15 is 0 Å². The fourth-order valence-electron chi connectivity index (χ4n) is 4.63. The molecule has 1 aromatic carbocycles. The summed E-state index contributed by atoms with van der Waals surface area (Å²) < 4.78 is 1.74. The Hall–Kier alpha value is -2.67. The zero-order chi connectivity index (χ0) is 19.7. The summed E-state index contributed by atoms with van der Waals surface area (Å²) in [5.41, 5.74) is 1.39. The maximum atomic E-state index is 12.8. The average molecular weight is 381 g/mol. The van der Waals surface area contributed by atoms with E-state index in [1.54, 1.807) is 16.9 Å². The zero-order valence-electron chi connectivity index (χ0n) is 16.5. The SMILES string of the molecule is CCn1nccc1C(=O)N1CC2(CN(C)CC2CNC(=O)c2ccccc2)C1. The Morgan fingerprint density at radius 2 is 1.93 bits per heavy atom. The van der Waals surface area contributed by atoms with Gasteiger partial charge in [-0.25, -0.2) is 0 Å². The molecule has 148 valence electrons. The van der Waals surface area contributed by atoms with Gasteiger partial charge in [0.15, 0.2) is 0 Å². The molecular weight excluding hydrogens is 354 g/mol. The number of nitrogens with one attached hydrogen (secondary N) is 1. The lowest BCUT2D eigenvalue weighted by molar-refractivity contribution is -0.0103. The first-order valence-electron chi connectivity index (χ1n) is 9.85. The minimum Gasteiger partial charge on any atom is -0.352 e. The van der Waals surface area contributed by atoms with Gasteiger partial charge in [0.05, 0.1) is 0 Å². The van der Waals surface area contributed by atoms with E-state index in [2.05, 4.69) is 22.4 Å². The molecule has 7 nitrogen and oxygen atoms in total. The highest BCUT2D eigenvalue weighted by atomic mass is 16.2. The molecule has 0 radical (unpaired) electrons. The Morgan fingerprint density at radius 1 is 1.18 bits per heavy atom. The molecule has 3 heterocycles. The first kappa shape index (κ1) is 18.7. The molecule has 1 unspecified atom stereocenters. The summed E-state index contributed by atoms with van der Waals surface area (Å²) in [5, 5.41) is 7.30. The standard InChI is InChI=1S/C21H27N5O2/c1-3-26-18(9-10-23-26)20(28)25-14-21(15-25)13-24(2)12-17(21)11-22-19(27)16-7-5-4-6-8-16/h4-10,17H,3,11-15H2,1-2H3,(H,22,27). The topological polar surface area (TPSA) is 70.5 Å². The molecule has 1 spiro atoms. The van der Waals surface area contributed by atoms with Gasteiger partial charge < -0.3 is 15.1 Å². The summed E-state index contributed by atoms with van der Waals surface area (Å²) in [6, 6.07) is 11.1. The molecular formula is C21H27N5O2. The van der Waals surface area contributed by atoms with Crippen molar-refractivity contribution in [1.82, 2.24) is 24.9 Å². The number of rotatable bonds is 5. The molecule has 0 bridgehead atoms. The van der Waals surface area contributed by atoms with Crippen LogP contribution in [0.25, 0.3) is 0 Å². The van der Waals surface area contributed by atoms with E-state index in [9.17, 15) is 9.59 Å². The highest BCUT2D eigenvalue weighted by Crippen LogP contribution is 2.43. The van der Waals surface area contributed by atoms with Crippen molar-refractivity contribution in [3.05, 3.63) is 53.9 Å². The van der Waals surface area contributed by atoms with Crippen LogP contribution in [0.5, 0.6) is 0 Å². The number of hydrogen-bond acceptors (Lipinski definition) is 4. The second-order valence-electron chi connectivity index (χ2n) is 8.03. The van der Waals surface area contributed by atoms with E-state index in [0.29, 0.717) is 30.3 Å². The van der Waals surface area contributed by atoms with E-state index in [-0.39, 0.29) is 17.2 Å². The molecule has 2 aliphatic heterocycles. The lowest BCUT2D eigenvalue weighted by atomic mass is 9.71. The second kappa shape index (κ2) is 7.39. The van der Waals surface area contributed by atoms with Crippen LogP contribution in [0.15, 0.2) is 42.6 Å². The Balaban J connectivity index is 1.39. The van der Waals surface area contributed by atoms with Gasteiger partial charge >= 0.3 is 0 Å². The van der Waals surface area contributed by atoms with Crippen molar-refractivity contribution in [2.24, 2.45) is 11.3 Å². The van der Waals surface area contributed by atoms with E-state index in [4.69, 9.17) is 0 Å². The second-order valence-corrected chi connectivity index (χ2v) is 8.03. The summed E-state index contributed by atoms with van der Waals surface area (Å²) in [7, 11) is 2.11. The van der Waals surface area contributed by atoms with Crippen molar-refractivity contribution < 1.29 is 9.59 Å². The molecule has 1 atom stereocenters. The number of aryl methyl sites for hydroxylation is 1. The average Bonchev–Trinajstić information content (AvgIpc) is 3.29. The van der Waals surface area contributed by atoms with Crippen molar-refractivity contribution in [3.8, 4) is 0 Å². The normalized spacial score (nSPS) is 20.9. The maximum Gasteiger partial charge on any atom is 0.272 e. The number of hydrogen-bond donors (Lipinski definition) is 1. The molecule has 2 aromatic rings. The Morgan fingerprint density at radius 3 is 2.64 bits per heavy atom. The largest absolute Gasteiger partial charge is 0.352 e. The highest BCUT2D eigenvalue weighted by Gasteiger charge is 2.54. The number of benzene rings is 1. The Labute approximate surface area is 165 Å². The van der Waals surface area contributed by atoms with Crippen LogP contribution in [0.3, 0.4) is 0 Å². The first-order valence-corrected chi connectivity index (χ1v) is 9.85. The van der Waals surface area contributed by atoms with Crippen LogP contribution in [0.1, 0.15) is 27.8 Å². The van der Waals surface area contributed by atoms with Crippen LogP contribution >= 0.6 is 0 Å². The quantitative estimate of drug-likeness (QED) is 0.849. The number of likely N-dealkylation sites (tertiary alicyclic amines) is 2. The van der Waals surface area contributed by atoms with E-state index in [1.165, 1.54) is 0 Å². The monoisotopic (exact) mass is 381 g/mol. The van der Waals surface area contributed by atoms with E-state index in [0.717, 1.165) is 26.2 Å². The fourth-order valence-corrected chi connectivity index (χ4v) is 4.63. The smallest absolute Gasteiger partial charge is 0.272 e. The van der Waals surface area contributed by atoms with Crippen molar-refractivity contribution in [1.29, 1.82) is 0 Å². The number of amides is 2. The van der Waals surface area contributed by atoms with Gasteiger partial charge in [0.25, 0.3) is 11.8 Å². The van der Waals surface area contributed by atoms with Crippen molar-refractivity contribution in [2.45, 2.75) is 13.5 Å². The molecule has 2 aliphatic rings. The molecule has 2 fully saturated rings. The van der Waals surface area contributed by atoms with Crippen LogP contribution in [-0.2, 0) is 6.54 Å². The molecule has 2 amide bonds. The predicted octanol–water partition coefficient (Wildman–Crippen LogP) is 1.34. The van der Waals surface area contributed by atoms with E-state index in [1.807, 2.05) is 42.2 Å². The number of aromatic nitrogens is 2. The third kappa shape index (κ3) is 3.30. The lowest BCUT2D eigenvalue weighted by Crippen LogP contribution is -2.63. The first-order chi connectivity index (χ1) is 13.5. The molecule has 4 rings (SSSR count). The molecule has 28 heavy (non-hydrogen) atoms. The minimum atomic E-state index is -0.0376. The third-order valence-corrected chi connectivity index (χ3v) is 6.06. The molecule has 0 aliphatic carbocycles. The van der Waals surface area contributed by atoms with Crippen LogP contribution in [-0.4, -0.2) is 71.2 Å². The highest BCUT2D eigenvalue weighted by molar-refractivity contribution is 5.94. The summed E-state index contributed by atoms with van der Waals surface area (Å²) in [6.45, 7) is 6.66. The molecule has 0 saturated carbocycles. The summed E-state index contributed by atoms with van der Waals surface area (Å²) in [5.74, 6) is 0.348. The van der Waals surface area contributed by atoms with Gasteiger partial charge in [-0.15, -0.1) is 0 Å². The number of carbonyl (C=O) groups excluding carboxylic acids is 2. The van der Waals surface area contributed by atoms with Gasteiger partial charge in [0.1, 0.15) is 5.69 Å².